The zero-order chi connectivity index (χ0) is 29.0. The molecule has 1 saturated heterocycles. The molecule has 0 aromatic rings. The average Bonchev–Trinajstić information content (AvgIpc) is 3.01. The molecular formula is C26H51N3O6Si2. The fourth-order valence-corrected chi connectivity index (χ4v) is 8.09. The highest BCUT2D eigenvalue weighted by Crippen LogP contribution is 2.50. The van der Waals surface area contributed by atoms with E-state index in [-0.39, 0.29) is 23.1 Å². The normalized spacial score (nSPS) is 29.9. The lowest BCUT2D eigenvalue weighted by atomic mass is 10.1. The van der Waals surface area contributed by atoms with Crippen LogP contribution in [-0.2, 0) is 18.7 Å². The molecule has 214 valence electrons. The lowest BCUT2D eigenvalue weighted by molar-refractivity contribution is -0.161. The fraction of sp³-hybridized carbons (Fsp3) is 0.846. The molecule has 0 aromatic carbocycles. The Kier molecular flexibility index (Phi) is 8.42. The van der Waals surface area contributed by atoms with Crippen LogP contribution in [0.25, 0.3) is 0 Å². The van der Waals surface area contributed by atoms with Gasteiger partial charge < -0.3 is 24.3 Å². The number of carbonyl (C=O) groups is 2. The van der Waals surface area contributed by atoms with E-state index in [0.29, 0.717) is 0 Å². The molecule has 0 spiro atoms. The SMILES string of the molecule is CC(C)(C)OC(=O)C1(N)C=CN([C@H]2C[C@@](O)([Si](C)(C)C(C)(C)C)[C@@H](CO[Si](C)(C)C(C)(C)C)O2)C(=O)N1. The number of amides is 2. The minimum absolute atomic E-state index is 0.00169. The zero-order valence-corrected chi connectivity index (χ0v) is 27.2. The number of nitrogens with two attached hydrogens (primary N) is 1. The van der Waals surface area contributed by atoms with Crippen LogP contribution in [-0.4, -0.2) is 73.8 Å². The number of aliphatic hydroxyl groups is 1. The van der Waals surface area contributed by atoms with Crippen LogP contribution in [0.1, 0.15) is 68.7 Å². The van der Waals surface area contributed by atoms with E-state index < -0.39 is 57.2 Å². The molecule has 0 saturated carbocycles. The van der Waals surface area contributed by atoms with Crippen molar-refractivity contribution in [3.05, 3.63) is 12.3 Å². The number of rotatable bonds is 6. The Bertz CT molecular complexity index is 919. The van der Waals surface area contributed by atoms with E-state index in [1.807, 2.05) is 0 Å². The number of hydrogen-bond donors (Lipinski definition) is 3. The van der Waals surface area contributed by atoms with Crippen LogP contribution >= 0.6 is 0 Å². The van der Waals surface area contributed by atoms with Crippen molar-refractivity contribution in [3.8, 4) is 0 Å². The van der Waals surface area contributed by atoms with Gasteiger partial charge in [0.25, 0.3) is 0 Å². The van der Waals surface area contributed by atoms with Crippen LogP contribution in [0.2, 0.25) is 36.3 Å². The summed E-state index contributed by atoms with van der Waals surface area (Å²) in [4.78, 5) is 27.2. The summed E-state index contributed by atoms with van der Waals surface area (Å²) in [6.45, 7) is 27.1. The van der Waals surface area contributed by atoms with Gasteiger partial charge in [-0.1, -0.05) is 54.6 Å². The number of urea groups is 1. The second-order valence-corrected chi connectivity index (χ2v) is 25.1. The molecule has 2 rings (SSSR count). The third-order valence-corrected chi connectivity index (χ3v) is 19.7. The van der Waals surface area contributed by atoms with Crippen LogP contribution in [0.3, 0.4) is 0 Å². The summed E-state index contributed by atoms with van der Waals surface area (Å²) in [5, 5.41) is 13.6. The van der Waals surface area contributed by atoms with E-state index in [4.69, 9.17) is 19.6 Å². The zero-order valence-electron chi connectivity index (χ0n) is 25.2. The van der Waals surface area contributed by atoms with Crippen molar-refractivity contribution in [2.75, 3.05) is 6.61 Å². The van der Waals surface area contributed by atoms with Gasteiger partial charge in [0.1, 0.15) is 17.9 Å². The second-order valence-electron chi connectivity index (χ2n) is 14.7. The van der Waals surface area contributed by atoms with Crippen molar-refractivity contribution < 1.29 is 28.6 Å². The lowest BCUT2D eigenvalue weighted by Gasteiger charge is -2.49. The Balaban J connectivity index is 2.38. The molecule has 0 aliphatic carbocycles. The predicted molar refractivity (Wildman–Crippen MR) is 151 cm³/mol. The molecule has 2 amide bonds. The van der Waals surface area contributed by atoms with Gasteiger partial charge in [-0.2, -0.15) is 0 Å². The first-order chi connectivity index (χ1) is 16.3. The number of esters is 1. The van der Waals surface area contributed by atoms with E-state index in [2.05, 4.69) is 73.0 Å². The molecule has 0 bridgehead atoms. The first-order valence-electron chi connectivity index (χ1n) is 13.1. The first kappa shape index (κ1) is 32.0. The molecule has 1 fully saturated rings. The van der Waals surface area contributed by atoms with Gasteiger partial charge in [-0.3, -0.25) is 10.6 Å². The highest BCUT2D eigenvalue weighted by Gasteiger charge is 2.63. The summed E-state index contributed by atoms with van der Waals surface area (Å²) < 4.78 is 18.3. The van der Waals surface area contributed by atoms with Gasteiger partial charge in [0.05, 0.1) is 19.9 Å². The van der Waals surface area contributed by atoms with Crippen molar-refractivity contribution in [2.24, 2.45) is 5.73 Å². The van der Waals surface area contributed by atoms with Crippen LogP contribution in [0.4, 0.5) is 4.79 Å². The predicted octanol–water partition coefficient (Wildman–Crippen LogP) is 4.44. The molecule has 4 atom stereocenters. The maximum Gasteiger partial charge on any atom is 0.351 e. The van der Waals surface area contributed by atoms with Crippen molar-refractivity contribution in [1.29, 1.82) is 0 Å². The van der Waals surface area contributed by atoms with Gasteiger partial charge >= 0.3 is 12.0 Å². The Hall–Kier alpha value is -1.25. The maximum absolute atomic E-state index is 13.2. The molecule has 2 aliphatic heterocycles. The Morgan fingerprint density at radius 2 is 1.68 bits per heavy atom. The molecule has 1 unspecified atom stereocenters. The standard InChI is InChI=1S/C26H51N3O6Si2/c1-22(2,3)35-20(30)25(27)14-15-29(21(31)28-25)19-16-26(32,36(10,11)23(4,5)6)18(34-19)17-33-37(12,13)24(7,8)9/h14-15,18-19,32H,16-17,27H2,1-13H3,(H,28,31)/t18-,19-,25?,26-/m1/s1. The smallest absolute Gasteiger partial charge is 0.351 e. The molecule has 37 heavy (non-hydrogen) atoms. The molecule has 2 heterocycles. The van der Waals surface area contributed by atoms with Gasteiger partial charge in [0.2, 0.25) is 5.66 Å². The van der Waals surface area contributed by atoms with Gasteiger partial charge in [-0.25, -0.2) is 9.59 Å². The van der Waals surface area contributed by atoms with E-state index in [9.17, 15) is 14.7 Å². The van der Waals surface area contributed by atoms with E-state index in [0.717, 1.165) is 0 Å². The van der Waals surface area contributed by atoms with Crippen LogP contribution in [0, 0.1) is 0 Å². The monoisotopic (exact) mass is 557 g/mol. The third kappa shape index (κ3) is 6.33. The highest BCUT2D eigenvalue weighted by atomic mass is 28.4. The Morgan fingerprint density at radius 3 is 2.11 bits per heavy atom. The van der Waals surface area contributed by atoms with Gasteiger partial charge in [-0.15, -0.1) is 0 Å². The summed E-state index contributed by atoms with van der Waals surface area (Å²) in [6, 6.07) is -0.593. The molecule has 2 aliphatic rings. The van der Waals surface area contributed by atoms with E-state index in [1.165, 1.54) is 17.2 Å². The number of nitrogens with one attached hydrogen (secondary N) is 1. The summed E-state index contributed by atoms with van der Waals surface area (Å²) in [5.41, 5.74) is 3.63. The number of hydrogen-bond acceptors (Lipinski definition) is 7. The topological polar surface area (TPSA) is 123 Å². The second kappa shape index (κ2) is 9.74. The van der Waals surface area contributed by atoms with Crippen molar-refractivity contribution in [3.63, 3.8) is 0 Å². The van der Waals surface area contributed by atoms with Crippen LogP contribution < -0.4 is 11.1 Å². The van der Waals surface area contributed by atoms with Gasteiger partial charge in [-0.05, 0) is 50.0 Å². The van der Waals surface area contributed by atoms with E-state index >= 15 is 0 Å². The molecule has 9 nitrogen and oxygen atoms in total. The summed E-state index contributed by atoms with van der Waals surface area (Å²) in [7, 11) is -4.53. The number of carbonyl (C=O) groups excluding carboxylic acids is 2. The summed E-state index contributed by atoms with van der Waals surface area (Å²) in [6.07, 6.45) is 1.74. The molecule has 4 N–H and O–H groups in total. The minimum atomic E-state index is -2.42. The van der Waals surface area contributed by atoms with Crippen LogP contribution in [0.5, 0.6) is 0 Å². The molecule has 11 heteroatoms. The Morgan fingerprint density at radius 1 is 1.14 bits per heavy atom. The number of ether oxygens (including phenoxy) is 2. The maximum atomic E-state index is 13.2. The van der Waals surface area contributed by atoms with Crippen molar-refractivity contribution >= 4 is 28.4 Å². The lowest BCUT2D eigenvalue weighted by Crippen LogP contribution is -2.67. The fourth-order valence-electron chi connectivity index (χ4n) is 4.15. The third-order valence-electron chi connectivity index (χ3n) is 8.79. The highest BCUT2D eigenvalue weighted by molar-refractivity contribution is 6.83. The average molecular weight is 558 g/mol. The van der Waals surface area contributed by atoms with Gasteiger partial charge in [0, 0.05) is 12.6 Å². The Labute approximate surface area is 225 Å². The summed E-state index contributed by atoms with van der Waals surface area (Å²) >= 11 is 0. The largest absolute Gasteiger partial charge is 0.457 e. The van der Waals surface area contributed by atoms with Crippen molar-refractivity contribution in [1.82, 2.24) is 10.2 Å². The molecule has 0 aromatic heterocycles. The quantitative estimate of drug-likeness (QED) is 0.326. The minimum Gasteiger partial charge on any atom is -0.457 e. The van der Waals surface area contributed by atoms with E-state index in [1.54, 1.807) is 20.8 Å². The van der Waals surface area contributed by atoms with Crippen molar-refractivity contribution in [2.45, 2.75) is 134 Å². The molecular weight excluding hydrogens is 506 g/mol. The summed E-state index contributed by atoms with van der Waals surface area (Å²) in [5.74, 6) is -0.755. The van der Waals surface area contributed by atoms with Crippen LogP contribution in [0.15, 0.2) is 12.3 Å². The number of nitrogens with zero attached hydrogens (tertiary/aromatic N) is 1. The molecule has 0 radical (unpaired) electrons. The van der Waals surface area contributed by atoms with Gasteiger partial charge in [0.15, 0.2) is 8.32 Å². The first-order valence-corrected chi connectivity index (χ1v) is 19.0.